The second-order valence-electron chi connectivity index (χ2n) is 16.1. The van der Waals surface area contributed by atoms with Gasteiger partial charge in [0.15, 0.2) is 6.10 Å². The summed E-state index contributed by atoms with van der Waals surface area (Å²) < 4.78 is 18.3. The predicted molar refractivity (Wildman–Crippen MR) is 255 cm³/mol. The average molecular weight is 881 g/mol. The van der Waals surface area contributed by atoms with Crippen molar-refractivity contribution < 1.29 is 28.6 Å². The number of thioether (sulfide) groups is 2. The van der Waals surface area contributed by atoms with Crippen LogP contribution < -0.4 is 4.74 Å². The number of esters is 1. The first-order valence-electron chi connectivity index (χ1n) is 21.4. The SMILES string of the molecule is CC(=O)OC1C(=O)N(CCN(C)C)C/C=C\C=C/CSC1C1=CC=CC(OCc2ccc(COc3ccc(C4SC/C=C\C=C/CN(CCN(C)C)C(=O)C4C)cc3)cc2)C=C1. The lowest BCUT2D eigenvalue weighted by Crippen LogP contribution is -2.48. The predicted octanol–water partition coefficient (Wildman–Crippen LogP) is 7.68. The van der Waals surface area contributed by atoms with E-state index in [9.17, 15) is 14.4 Å². The Morgan fingerprint density at radius 3 is 1.87 bits per heavy atom. The number of carbonyl (C=O) groups is 3. The van der Waals surface area contributed by atoms with Gasteiger partial charge in [-0.05, 0) is 62.6 Å². The fourth-order valence-electron chi connectivity index (χ4n) is 7.00. The molecule has 10 nitrogen and oxygen atoms in total. The first-order valence-corrected chi connectivity index (χ1v) is 23.5. The fourth-order valence-corrected chi connectivity index (χ4v) is 9.31. The molecule has 0 spiro atoms. The zero-order valence-corrected chi connectivity index (χ0v) is 38.8. The normalized spacial score (nSPS) is 24.7. The van der Waals surface area contributed by atoms with Crippen LogP contribution in [-0.4, -0.2) is 134 Å². The molecule has 12 heteroatoms. The van der Waals surface area contributed by atoms with E-state index in [0.29, 0.717) is 51.7 Å². The molecule has 0 fully saturated rings. The molecule has 5 rings (SSSR count). The highest BCUT2D eigenvalue weighted by molar-refractivity contribution is 8.00. The van der Waals surface area contributed by atoms with Crippen LogP contribution in [-0.2, 0) is 37.1 Å². The molecule has 5 unspecified atom stereocenters. The Bertz CT molecular complexity index is 1970. The van der Waals surface area contributed by atoms with Crippen LogP contribution in [0.2, 0.25) is 0 Å². The van der Waals surface area contributed by atoms with E-state index in [4.69, 9.17) is 14.2 Å². The van der Waals surface area contributed by atoms with Crippen molar-refractivity contribution in [2.24, 2.45) is 5.92 Å². The zero-order chi connectivity index (χ0) is 44.3. The van der Waals surface area contributed by atoms with Crippen molar-refractivity contribution in [1.82, 2.24) is 19.6 Å². The fraction of sp³-hybridized carbons (Fsp3) is 0.420. The van der Waals surface area contributed by atoms with Crippen LogP contribution in [0, 0.1) is 5.92 Å². The van der Waals surface area contributed by atoms with E-state index < -0.39 is 17.3 Å². The Morgan fingerprint density at radius 2 is 1.27 bits per heavy atom. The number of ether oxygens (including phenoxy) is 3. The summed E-state index contributed by atoms with van der Waals surface area (Å²) in [5.41, 5.74) is 4.07. The van der Waals surface area contributed by atoms with Crippen LogP contribution >= 0.6 is 23.5 Å². The zero-order valence-electron chi connectivity index (χ0n) is 37.1. The minimum Gasteiger partial charge on any atom is -0.489 e. The van der Waals surface area contributed by atoms with Crippen molar-refractivity contribution >= 4 is 41.3 Å². The summed E-state index contributed by atoms with van der Waals surface area (Å²) in [6.07, 6.45) is 24.9. The van der Waals surface area contributed by atoms with Crippen LogP contribution in [0.25, 0.3) is 0 Å². The van der Waals surface area contributed by atoms with Crippen LogP contribution in [0.15, 0.2) is 133 Å². The maximum atomic E-state index is 14.0. The second-order valence-corrected chi connectivity index (χ2v) is 18.4. The van der Waals surface area contributed by atoms with Crippen LogP contribution in [0.3, 0.4) is 0 Å². The summed E-state index contributed by atoms with van der Waals surface area (Å²) in [6.45, 7) is 7.98. The van der Waals surface area contributed by atoms with Gasteiger partial charge in [0.1, 0.15) is 12.4 Å². The highest BCUT2D eigenvalue weighted by Crippen LogP contribution is 2.38. The first-order chi connectivity index (χ1) is 30.0. The van der Waals surface area contributed by atoms with Gasteiger partial charge >= 0.3 is 5.97 Å². The van der Waals surface area contributed by atoms with Crippen molar-refractivity contribution in [3.8, 4) is 5.75 Å². The molecular weight excluding hydrogens is 817 g/mol. The quantitative estimate of drug-likeness (QED) is 0.166. The van der Waals surface area contributed by atoms with E-state index in [1.54, 1.807) is 28.4 Å². The number of amides is 2. The lowest BCUT2D eigenvalue weighted by atomic mass is 9.98. The van der Waals surface area contributed by atoms with Crippen LogP contribution in [0.1, 0.15) is 35.8 Å². The smallest absolute Gasteiger partial charge is 0.303 e. The van der Waals surface area contributed by atoms with Gasteiger partial charge in [-0.1, -0.05) is 122 Å². The van der Waals surface area contributed by atoms with Gasteiger partial charge in [0, 0.05) is 62.9 Å². The molecule has 62 heavy (non-hydrogen) atoms. The molecule has 2 aliphatic heterocycles. The third-order valence-electron chi connectivity index (χ3n) is 10.6. The molecule has 2 aromatic rings. The standard InChI is InChI=1S/C50H64N4O6S2/c1-38-47(61-34-13-9-7-11-28-53(49(38)56)32-30-51(3)4)43-23-26-45(27-24-43)59-37-41-20-18-40(19-21-41)36-58-44-17-15-16-42(22-25-44)48-46(60-39(2)55)50(57)54(33-31-52(5)6)29-12-8-10-14-35-62-48/h7-27,38,44,46-48H,28-37H2,1-6H3/b11-7-,12-8-,13-9-,14-10-. The topological polar surface area (TPSA) is 91.9 Å². The van der Waals surface area contributed by atoms with Crippen molar-refractivity contribution in [3.05, 3.63) is 150 Å². The summed E-state index contributed by atoms with van der Waals surface area (Å²) in [4.78, 5) is 48.0. The molecule has 5 atom stereocenters. The molecule has 0 N–H and O–H groups in total. The summed E-state index contributed by atoms with van der Waals surface area (Å²) >= 11 is 3.37. The number of rotatable bonds is 15. The van der Waals surface area contributed by atoms with Crippen molar-refractivity contribution in [1.29, 1.82) is 0 Å². The average Bonchev–Trinajstić information content (AvgIpc) is 3.52. The molecule has 0 saturated carbocycles. The largest absolute Gasteiger partial charge is 0.489 e. The molecule has 3 aliphatic rings. The van der Waals surface area contributed by atoms with Gasteiger partial charge < -0.3 is 33.8 Å². The molecule has 2 aromatic carbocycles. The van der Waals surface area contributed by atoms with Gasteiger partial charge in [-0.25, -0.2) is 0 Å². The summed E-state index contributed by atoms with van der Waals surface area (Å²) in [6, 6.07) is 16.4. The molecule has 0 bridgehead atoms. The van der Waals surface area contributed by atoms with Crippen LogP contribution in [0.4, 0.5) is 0 Å². The van der Waals surface area contributed by atoms with Gasteiger partial charge in [0.2, 0.25) is 5.91 Å². The van der Waals surface area contributed by atoms with Gasteiger partial charge in [0.05, 0.1) is 23.9 Å². The Morgan fingerprint density at radius 1 is 0.710 bits per heavy atom. The van der Waals surface area contributed by atoms with E-state index in [1.807, 2.05) is 105 Å². The van der Waals surface area contributed by atoms with Crippen LogP contribution in [0.5, 0.6) is 5.75 Å². The van der Waals surface area contributed by atoms with Gasteiger partial charge in [-0.3, -0.25) is 14.4 Å². The van der Waals surface area contributed by atoms with E-state index in [0.717, 1.165) is 40.3 Å². The number of likely N-dealkylation sites (N-methyl/N-ethyl adjacent to an activating group) is 2. The molecule has 332 valence electrons. The van der Waals surface area contributed by atoms with E-state index in [-0.39, 0.29) is 29.1 Å². The minimum atomic E-state index is -0.978. The summed E-state index contributed by atoms with van der Waals surface area (Å²) in [7, 11) is 8.01. The molecule has 0 saturated heterocycles. The Hall–Kier alpha value is -4.59. The minimum absolute atomic E-state index is 0.0211. The van der Waals surface area contributed by atoms with E-state index >= 15 is 0 Å². The number of carbonyl (C=O) groups excluding carboxylic acids is 3. The second kappa shape index (κ2) is 25.5. The Kier molecular flexibility index (Phi) is 19.9. The third-order valence-corrected chi connectivity index (χ3v) is 13.2. The van der Waals surface area contributed by atoms with Gasteiger partial charge in [-0.2, -0.15) is 0 Å². The van der Waals surface area contributed by atoms with Gasteiger partial charge in [-0.15, -0.1) is 23.5 Å². The maximum Gasteiger partial charge on any atom is 0.303 e. The Labute approximate surface area is 378 Å². The van der Waals surface area contributed by atoms with E-state index in [1.165, 1.54) is 6.92 Å². The third kappa shape index (κ3) is 15.6. The lowest BCUT2D eigenvalue weighted by Gasteiger charge is -2.31. The number of allylic oxidation sites excluding steroid dienone is 7. The lowest BCUT2D eigenvalue weighted by molar-refractivity contribution is -0.157. The summed E-state index contributed by atoms with van der Waals surface area (Å²) in [5.74, 6) is 1.55. The molecular formula is C50H64N4O6S2. The summed E-state index contributed by atoms with van der Waals surface area (Å²) in [5, 5.41) is -0.394. The number of benzene rings is 2. The Balaban J connectivity index is 1.16. The highest BCUT2D eigenvalue weighted by atomic mass is 32.2. The van der Waals surface area contributed by atoms with Crippen molar-refractivity contribution in [2.75, 3.05) is 79.0 Å². The maximum absolute atomic E-state index is 14.0. The molecule has 0 radical (unpaired) electrons. The van der Waals surface area contributed by atoms with Crippen molar-refractivity contribution in [3.63, 3.8) is 0 Å². The first kappa shape index (κ1) is 48.4. The number of hydrogen-bond acceptors (Lipinski definition) is 10. The van der Waals surface area contributed by atoms with E-state index in [2.05, 4.69) is 72.5 Å². The molecule has 2 heterocycles. The molecule has 0 aromatic heterocycles. The highest BCUT2D eigenvalue weighted by Gasteiger charge is 2.36. The molecule has 2 amide bonds. The number of hydrogen-bond donors (Lipinski definition) is 0. The van der Waals surface area contributed by atoms with Crippen molar-refractivity contribution in [2.45, 2.75) is 49.8 Å². The molecule has 1 aliphatic carbocycles. The monoisotopic (exact) mass is 880 g/mol. The number of nitrogens with zero attached hydrogens (tertiary/aromatic N) is 4. The van der Waals surface area contributed by atoms with Gasteiger partial charge in [0.25, 0.3) is 5.91 Å².